The summed E-state index contributed by atoms with van der Waals surface area (Å²) in [7, 11) is 0. The Morgan fingerprint density at radius 3 is 2.33 bits per heavy atom. The highest BCUT2D eigenvalue weighted by Crippen LogP contribution is 2.39. The van der Waals surface area contributed by atoms with Crippen molar-refractivity contribution in [2.24, 2.45) is 0 Å². The number of nitrogens with zero attached hydrogens (tertiary/aromatic N) is 1. The van der Waals surface area contributed by atoms with Crippen molar-refractivity contribution in [2.45, 2.75) is 6.18 Å². The molecule has 7 heteroatoms. The lowest BCUT2D eigenvalue weighted by Crippen LogP contribution is -2.07. The number of rotatable bonds is 1. The van der Waals surface area contributed by atoms with Gasteiger partial charge in [-0.25, -0.2) is 4.39 Å². The van der Waals surface area contributed by atoms with Gasteiger partial charge in [0.15, 0.2) is 0 Å². The van der Waals surface area contributed by atoms with E-state index in [1.54, 1.807) is 0 Å². The van der Waals surface area contributed by atoms with Crippen LogP contribution in [0.4, 0.5) is 17.6 Å². The predicted molar refractivity (Wildman–Crippen MR) is 70.9 cm³/mol. The van der Waals surface area contributed by atoms with Gasteiger partial charge in [-0.3, -0.25) is 0 Å². The molecule has 0 fully saturated rings. The van der Waals surface area contributed by atoms with Crippen molar-refractivity contribution < 1.29 is 22.7 Å². The Labute approximate surface area is 125 Å². The van der Waals surface area contributed by atoms with Crippen LogP contribution in [-0.4, -0.2) is 5.11 Å². The van der Waals surface area contributed by atoms with E-state index in [-0.39, 0.29) is 26.9 Å². The average molecular weight is 360 g/mol. The molecule has 0 heterocycles. The molecule has 0 aliphatic heterocycles. The number of phenolic OH excluding ortho intramolecular Hbond substituents is 1. The number of nitriles is 1. The van der Waals surface area contributed by atoms with Gasteiger partial charge >= 0.3 is 6.18 Å². The zero-order valence-corrected chi connectivity index (χ0v) is 11.8. The van der Waals surface area contributed by atoms with Crippen LogP contribution >= 0.6 is 15.9 Å². The van der Waals surface area contributed by atoms with E-state index in [4.69, 9.17) is 5.26 Å². The van der Waals surface area contributed by atoms with Crippen molar-refractivity contribution in [2.75, 3.05) is 0 Å². The fourth-order valence-corrected chi connectivity index (χ4v) is 2.26. The molecule has 0 saturated carbocycles. The van der Waals surface area contributed by atoms with Gasteiger partial charge in [-0.1, -0.05) is 6.07 Å². The van der Waals surface area contributed by atoms with Crippen LogP contribution in [0.5, 0.6) is 5.75 Å². The molecule has 2 aromatic carbocycles. The Morgan fingerprint density at radius 2 is 1.81 bits per heavy atom. The van der Waals surface area contributed by atoms with Gasteiger partial charge in [-0.2, -0.15) is 18.4 Å². The summed E-state index contributed by atoms with van der Waals surface area (Å²) < 4.78 is 51.3. The summed E-state index contributed by atoms with van der Waals surface area (Å²) in [5.41, 5.74) is -1.11. The lowest BCUT2D eigenvalue weighted by Gasteiger charge is -2.11. The molecular formula is C14H6BrF4NO. The average Bonchev–Trinajstić information content (AvgIpc) is 2.40. The standard InChI is InChI=1S/C14H6BrF4NO/c15-11-4-7(6-20)3-9(13(11)21)8-1-2-10(12(16)5-8)14(17,18)19/h1-5,21H. The molecule has 0 aliphatic rings. The first-order chi connectivity index (χ1) is 9.74. The smallest absolute Gasteiger partial charge is 0.419 e. The number of halogens is 5. The van der Waals surface area contributed by atoms with Gasteiger partial charge in [-0.15, -0.1) is 0 Å². The monoisotopic (exact) mass is 359 g/mol. The van der Waals surface area contributed by atoms with Gasteiger partial charge in [0.2, 0.25) is 0 Å². The number of hydrogen-bond acceptors (Lipinski definition) is 2. The van der Waals surface area contributed by atoms with Crippen molar-refractivity contribution >= 4 is 15.9 Å². The SMILES string of the molecule is N#Cc1cc(Br)c(O)c(-c2ccc(C(F)(F)F)c(F)c2)c1. The first kappa shape index (κ1) is 15.3. The van der Waals surface area contributed by atoms with Crippen molar-refractivity contribution in [1.29, 1.82) is 5.26 Å². The summed E-state index contributed by atoms with van der Waals surface area (Å²) in [4.78, 5) is 0. The molecule has 1 N–H and O–H groups in total. The number of alkyl halides is 3. The van der Waals surface area contributed by atoms with Gasteiger partial charge in [0.05, 0.1) is 21.7 Å². The second-order valence-corrected chi connectivity index (χ2v) is 5.01. The highest BCUT2D eigenvalue weighted by atomic mass is 79.9. The van der Waals surface area contributed by atoms with Crippen LogP contribution in [0.3, 0.4) is 0 Å². The van der Waals surface area contributed by atoms with Crippen LogP contribution in [0, 0.1) is 17.1 Å². The van der Waals surface area contributed by atoms with Crippen LogP contribution in [0.25, 0.3) is 11.1 Å². The van der Waals surface area contributed by atoms with Crippen molar-refractivity contribution in [1.82, 2.24) is 0 Å². The highest BCUT2D eigenvalue weighted by molar-refractivity contribution is 9.10. The Morgan fingerprint density at radius 1 is 1.14 bits per heavy atom. The quantitative estimate of drug-likeness (QED) is 0.739. The Bertz CT molecular complexity index is 750. The van der Waals surface area contributed by atoms with Gasteiger partial charge in [-0.05, 0) is 45.8 Å². The summed E-state index contributed by atoms with van der Waals surface area (Å²) >= 11 is 3.02. The van der Waals surface area contributed by atoms with Crippen LogP contribution in [0.2, 0.25) is 0 Å². The summed E-state index contributed by atoms with van der Waals surface area (Å²) in [6.45, 7) is 0. The molecule has 0 bridgehead atoms. The van der Waals surface area contributed by atoms with Gasteiger partial charge < -0.3 is 5.11 Å². The van der Waals surface area contributed by atoms with Crippen molar-refractivity contribution in [3.63, 3.8) is 0 Å². The zero-order chi connectivity index (χ0) is 15.8. The normalized spacial score (nSPS) is 11.2. The third kappa shape index (κ3) is 3.00. The summed E-state index contributed by atoms with van der Waals surface area (Å²) in [6.07, 6.45) is -4.79. The Kier molecular flexibility index (Phi) is 3.92. The van der Waals surface area contributed by atoms with Gasteiger partial charge in [0, 0.05) is 5.56 Å². The molecule has 2 rings (SSSR count). The third-order valence-corrected chi connectivity index (χ3v) is 3.38. The van der Waals surface area contributed by atoms with Gasteiger partial charge in [0.25, 0.3) is 0 Å². The predicted octanol–water partition coefficient (Wildman–Crippen LogP) is 4.85. The van der Waals surface area contributed by atoms with E-state index >= 15 is 0 Å². The Hall–Kier alpha value is -2.07. The maximum atomic E-state index is 13.6. The Balaban J connectivity index is 2.62. The molecule has 0 atom stereocenters. The van der Waals surface area contributed by atoms with Crippen molar-refractivity contribution in [3.8, 4) is 22.9 Å². The van der Waals surface area contributed by atoms with E-state index in [9.17, 15) is 22.7 Å². The number of aromatic hydroxyl groups is 1. The van der Waals surface area contributed by atoms with E-state index in [2.05, 4.69) is 15.9 Å². The number of hydrogen-bond donors (Lipinski definition) is 1. The molecule has 0 saturated heterocycles. The van der Waals surface area contributed by atoms with Gasteiger partial charge in [0.1, 0.15) is 11.6 Å². The van der Waals surface area contributed by atoms with E-state index in [1.807, 2.05) is 6.07 Å². The molecule has 2 nitrogen and oxygen atoms in total. The minimum Gasteiger partial charge on any atom is -0.506 e. The van der Waals surface area contributed by atoms with E-state index in [0.29, 0.717) is 12.1 Å². The highest BCUT2D eigenvalue weighted by Gasteiger charge is 2.34. The fraction of sp³-hybridized carbons (Fsp3) is 0.0714. The molecule has 0 aromatic heterocycles. The fourth-order valence-electron chi connectivity index (χ4n) is 1.80. The molecule has 0 radical (unpaired) electrons. The second-order valence-electron chi connectivity index (χ2n) is 4.16. The first-order valence-electron chi connectivity index (χ1n) is 5.53. The zero-order valence-electron chi connectivity index (χ0n) is 10.2. The first-order valence-corrected chi connectivity index (χ1v) is 6.33. The van der Waals surface area contributed by atoms with E-state index < -0.39 is 17.6 Å². The van der Waals surface area contributed by atoms with Crippen LogP contribution < -0.4 is 0 Å². The minimum absolute atomic E-state index is 0.0378. The minimum atomic E-state index is -4.79. The topological polar surface area (TPSA) is 44.0 Å². The summed E-state index contributed by atoms with van der Waals surface area (Å²) in [5, 5.41) is 18.7. The molecular weight excluding hydrogens is 354 g/mol. The maximum Gasteiger partial charge on any atom is 0.419 e. The van der Waals surface area contributed by atoms with Crippen LogP contribution in [0.15, 0.2) is 34.8 Å². The molecule has 0 amide bonds. The largest absolute Gasteiger partial charge is 0.506 e. The third-order valence-electron chi connectivity index (χ3n) is 2.78. The lowest BCUT2D eigenvalue weighted by atomic mass is 10.0. The second kappa shape index (κ2) is 5.37. The summed E-state index contributed by atoms with van der Waals surface area (Å²) in [6, 6.07) is 6.76. The molecule has 2 aromatic rings. The van der Waals surface area contributed by atoms with Crippen LogP contribution in [0.1, 0.15) is 11.1 Å². The maximum absolute atomic E-state index is 13.6. The molecule has 21 heavy (non-hydrogen) atoms. The van der Waals surface area contributed by atoms with Crippen LogP contribution in [-0.2, 0) is 6.18 Å². The number of phenols is 1. The molecule has 0 aliphatic carbocycles. The van der Waals surface area contributed by atoms with Crippen molar-refractivity contribution in [3.05, 3.63) is 51.7 Å². The summed E-state index contributed by atoms with van der Waals surface area (Å²) in [5.74, 6) is -1.73. The van der Waals surface area contributed by atoms with E-state index in [1.165, 1.54) is 12.1 Å². The number of benzene rings is 2. The lowest BCUT2D eigenvalue weighted by molar-refractivity contribution is -0.139. The molecule has 0 spiro atoms. The molecule has 108 valence electrons. The molecule has 0 unspecified atom stereocenters. The van der Waals surface area contributed by atoms with E-state index in [0.717, 1.165) is 6.07 Å².